The molecule has 2 N–H and O–H groups in total. The predicted molar refractivity (Wildman–Crippen MR) is 70.9 cm³/mol. The molecule has 100 valence electrons. The third-order valence-electron chi connectivity index (χ3n) is 4.83. The highest BCUT2D eigenvalue weighted by Gasteiger charge is 2.36. The summed E-state index contributed by atoms with van der Waals surface area (Å²) >= 11 is 0. The van der Waals surface area contributed by atoms with Crippen molar-refractivity contribution < 1.29 is 4.74 Å². The maximum Gasteiger partial charge on any atom is 0.0710 e. The van der Waals surface area contributed by atoms with Crippen molar-refractivity contribution in [2.75, 3.05) is 20.2 Å². The van der Waals surface area contributed by atoms with Crippen LogP contribution in [0.25, 0.3) is 0 Å². The van der Waals surface area contributed by atoms with Gasteiger partial charge in [-0.2, -0.15) is 0 Å². The van der Waals surface area contributed by atoms with Crippen LogP contribution in [0.4, 0.5) is 0 Å². The van der Waals surface area contributed by atoms with Gasteiger partial charge in [0.15, 0.2) is 0 Å². The van der Waals surface area contributed by atoms with E-state index < -0.39 is 0 Å². The molecule has 2 fully saturated rings. The Morgan fingerprint density at radius 3 is 2.59 bits per heavy atom. The summed E-state index contributed by atoms with van der Waals surface area (Å²) in [5, 5.41) is 0. The normalized spacial score (nSPS) is 40.1. The van der Waals surface area contributed by atoms with Crippen molar-refractivity contribution in [3.05, 3.63) is 0 Å². The second kappa shape index (κ2) is 5.68. The van der Waals surface area contributed by atoms with E-state index in [9.17, 15) is 0 Å². The molecule has 3 heteroatoms. The van der Waals surface area contributed by atoms with Gasteiger partial charge in [-0.05, 0) is 37.5 Å². The standard InChI is InChI=1S/C14H28N2O/c1-10(2)11-4-5-13(15)14(8-11)16-7-6-12(9-16)17-3/h10-14H,4-9,15H2,1-3H3. The van der Waals surface area contributed by atoms with Crippen LogP contribution in [-0.2, 0) is 4.74 Å². The van der Waals surface area contributed by atoms with Gasteiger partial charge in [0, 0.05) is 32.3 Å². The first-order valence-corrected chi connectivity index (χ1v) is 7.14. The first-order chi connectivity index (χ1) is 8.11. The predicted octanol–water partition coefficient (Wildman–Crippen LogP) is 1.86. The van der Waals surface area contributed by atoms with E-state index in [1.807, 2.05) is 7.11 Å². The van der Waals surface area contributed by atoms with Crippen molar-refractivity contribution >= 4 is 0 Å². The van der Waals surface area contributed by atoms with Crippen LogP contribution in [0.5, 0.6) is 0 Å². The Kier molecular flexibility index (Phi) is 4.45. The van der Waals surface area contributed by atoms with E-state index in [0.29, 0.717) is 18.2 Å². The SMILES string of the molecule is COC1CCN(C2CC(C(C)C)CCC2N)C1. The van der Waals surface area contributed by atoms with Crippen LogP contribution in [0.1, 0.15) is 39.5 Å². The van der Waals surface area contributed by atoms with E-state index in [2.05, 4.69) is 18.7 Å². The van der Waals surface area contributed by atoms with Gasteiger partial charge in [-0.3, -0.25) is 4.90 Å². The lowest BCUT2D eigenvalue weighted by molar-refractivity contribution is 0.0779. The van der Waals surface area contributed by atoms with E-state index in [1.165, 1.54) is 32.2 Å². The summed E-state index contributed by atoms with van der Waals surface area (Å²) in [4.78, 5) is 2.58. The highest BCUT2D eigenvalue weighted by atomic mass is 16.5. The summed E-state index contributed by atoms with van der Waals surface area (Å²) in [5.74, 6) is 1.66. The third kappa shape index (κ3) is 3.01. The van der Waals surface area contributed by atoms with E-state index >= 15 is 0 Å². The Morgan fingerprint density at radius 1 is 1.24 bits per heavy atom. The fourth-order valence-corrected chi connectivity index (χ4v) is 3.47. The molecule has 0 bridgehead atoms. The first-order valence-electron chi connectivity index (χ1n) is 7.14. The number of likely N-dealkylation sites (tertiary alicyclic amines) is 1. The van der Waals surface area contributed by atoms with Crippen molar-refractivity contribution in [1.82, 2.24) is 4.90 Å². The van der Waals surface area contributed by atoms with Gasteiger partial charge in [0.25, 0.3) is 0 Å². The molecular formula is C14H28N2O. The summed E-state index contributed by atoms with van der Waals surface area (Å²) in [7, 11) is 1.83. The van der Waals surface area contributed by atoms with Crippen LogP contribution in [0.15, 0.2) is 0 Å². The molecule has 1 aliphatic carbocycles. The molecule has 17 heavy (non-hydrogen) atoms. The van der Waals surface area contributed by atoms with Crippen LogP contribution >= 0.6 is 0 Å². The lowest BCUT2D eigenvalue weighted by atomic mass is 9.76. The van der Waals surface area contributed by atoms with Gasteiger partial charge in [0.1, 0.15) is 0 Å². The summed E-state index contributed by atoms with van der Waals surface area (Å²) in [6.07, 6.45) is 5.40. The van der Waals surface area contributed by atoms with Crippen LogP contribution in [0, 0.1) is 11.8 Å². The zero-order valence-electron chi connectivity index (χ0n) is 11.6. The molecule has 3 nitrogen and oxygen atoms in total. The molecule has 1 aliphatic heterocycles. The van der Waals surface area contributed by atoms with Crippen molar-refractivity contribution in [2.45, 2.75) is 57.7 Å². The number of ether oxygens (including phenoxy) is 1. The Hall–Kier alpha value is -0.120. The number of nitrogens with zero attached hydrogens (tertiary/aromatic N) is 1. The second-order valence-corrected chi connectivity index (χ2v) is 6.19. The smallest absolute Gasteiger partial charge is 0.0710 e. The van der Waals surface area contributed by atoms with Crippen molar-refractivity contribution in [2.24, 2.45) is 17.6 Å². The van der Waals surface area contributed by atoms with E-state index in [0.717, 1.165) is 18.4 Å². The fraction of sp³-hybridized carbons (Fsp3) is 1.00. The van der Waals surface area contributed by atoms with Crippen molar-refractivity contribution in [3.8, 4) is 0 Å². The van der Waals surface area contributed by atoms with Crippen LogP contribution in [0.3, 0.4) is 0 Å². The van der Waals surface area contributed by atoms with E-state index in [4.69, 9.17) is 10.5 Å². The molecule has 1 heterocycles. The second-order valence-electron chi connectivity index (χ2n) is 6.19. The first kappa shape index (κ1) is 13.3. The van der Waals surface area contributed by atoms with Crippen LogP contribution < -0.4 is 5.73 Å². The molecule has 4 atom stereocenters. The monoisotopic (exact) mass is 240 g/mol. The average molecular weight is 240 g/mol. The van der Waals surface area contributed by atoms with Gasteiger partial charge in [-0.25, -0.2) is 0 Å². The number of methoxy groups -OCH3 is 1. The molecule has 0 aromatic rings. The number of nitrogens with two attached hydrogens (primary N) is 1. The van der Waals surface area contributed by atoms with Gasteiger partial charge >= 0.3 is 0 Å². The Labute approximate surface area is 106 Å². The number of hydrogen-bond acceptors (Lipinski definition) is 3. The molecule has 2 rings (SSSR count). The Bertz CT molecular complexity index is 244. The largest absolute Gasteiger partial charge is 0.380 e. The van der Waals surface area contributed by atoms with E-state index in [-0.39, 0.29) is 0 Å². The lowest BCUT2D eigenvalue weighted by Gasteiger charge is -2.41. The molecule has 2 aliphatic rings. The van der Waals surface area contributed by atoms with Gasteiger partial charge in [-0.15, -0.1) is 0 Å². The molecule has 1 saturated carbocycles. The van der Waals surface area contributed by atoms with Gasteiger partial charge in [0.2, 0.25) is 0 Å². The zero-order valence-corrected chi connectivity index (χ0v) is 11.6. The third-order valence-corrected chi connectivity index (χ3v) is 4.83. The molecule has 0 spiro atoms. The van der Waals surface area contributed by atoms with Gasteiger partial charge < -0.3 is 10.5 Å². The number of rotatable bonds is 3. The quantitative estimate of drug-likeness (QED) is 0.818. The van der Waals surface area contributed by atoms with Crippen molar-refractivity contribution in [1.29, 1.82) is 0 Å². The summed E-state index contributed by atoms with van der Waals surface area (Å²) in [6.45, 7) is 6.95. The van der Waals surface area contributed by atoms with Gasteiger partial charge in [-0.1, -0.05) is 13.8 Å². The summed E-state index contributed by atoms with van der Waals surface area (Å²) in [6, 6.07) is 0.969. The highest BCUT2D eigenvalue weighted by Crippen LogP contribution is 2.33. The number of hydrogen-bond donors (Lipinski definition) is 1. The maximum atomic E-state index is 6.33. The minimum Gasteiger partial charge on any atom is -0.380 e. The zero-order chi connectivity index (χ0) is 12.4. The topological polar surface area (TPSA) is 38.5 Å². The van der Waals surface area contributed by atoms with E-state index in [1.54, 1.807) is 0 Å². The minimum atomic E-state index is 0.376. The lowest BCUT2D eigenvalue weighted by Crippen LogP contribution is -2.51. The van der Waals surface area contributed by atoms with Gasteiger partial charge in [0.05, 0.1) is 6.10 Å². The molecule has 0 radical (unpaired) electrons. The maximum absolute atomic E-state index is 6.33. The molecule has 0 amide bonds. The molecule has 4 unspecified atom stereocenters. The van der Waals surface area contributed by atoms with Crippen molar-refractivity contribution in [3.63, 3.8) is 0 Å². The fourth-order valence-electron chi connectivity index (χ4n) is 3.47. The molecule has 0 aromatic carbocycles. The summed E-state index contributed by atoms with van der Waals surface area (Å²) in [5.41, 5.74) is 6.33. The molecule has 1 saturated heterocycles. The Balaban J connectivity index is 1.94. The minimum absolute atomic E-state index is 0.376. The molecule has 0 aromatic heterocycles. The average Bonchev–Trinajstić information content (AvgIpc) is 2.77. The van der Waals surface area contributed by atoms with Crippen LogP contribution in [0.2, 0.25) is 0 Å². The highest BCUT2D eigenvalue weighted by molar-refractivity contribution is 4.93. The Morgan fingerprint density at radius 2 is 2.00 bits per heavy atom. The van der Waals surface area contributed by atoms with Crippen LogP contribution in [-0.4, -0.2) is 43.3 Å². The summed E-state index contributed by atoms with van der Waals surface area (Å²) < 4.78 is 5.46. The molecular weight excluding hydrogens is 212 g/mol.